The molecule has 1 aliphatic rings. The Morgan fingerprint density at radius 3 is 2.55 bits per heavy atom. The molecule has 0 spiro atoms. The van der Waals surface area contributed by atoms with Gasteiger partial charge in [0.2, 0.25) is 0 Å². The fourth-order valence-corrected chi connectivity index (χ4v) is 1.83. The van der Waals surface area contributed by atoms with Crippen LogP contribution in [-0.2, 0) is 4.79 Å². The van der Waals surface area contributed by atoms with Gasteiger partial charge in [0.25, 0.3) is 0 Å². The Kier molecular flexibility index (Phi) is 2.66. The van der Waals surface area contributed by atoms with E-state index in [4.69, 9.17) is 0 Å². The Hall–Kier alpha value is -0.370. The number of carbonyl (C=O) groups is 1. The van der Waals surface area contributed by atoms with Crippen molar-refractivity contribution in [3.8, 4) is 0 Å². The van der Waals surface area contributed by atoms with Crippen molar-refractivity contribution in [3.05, 3.63) is 0 Å². The van der Waals surface area contributed by atoms with Gasteiger partial charge < -0.3 is 5.11 Å². The summed E-state index contributed by atoms with van der Waals surface area (Å²) in [6, 6.07) is 0. The maximum atomic E-state index is 11.0. The van der Waals surface area contributed by atoms with Gasteiger partial charge >= 0.3 is 0 Å². The lowest BCUT2D eigenvalue weighted by atomic mass is 9.79. The quantitative estimate of drug-likeness (QED) is 0.622. The zero-order valence-electron chi connectivity index (χ0n) is 7.21. The number of Topliss-reactive ketones (excluding diaryl/α,β-unsaturated/α-hetero) is 1. The number of ketones is 1. The highest BCUT2D eigenvalue weighted by Gasteiger charge is 2.29. The van der Waals surface area contributed by atoms with Gasteiger partial charge in [-0.3, -0.25) is 4.79 Å². The maximum Gasteiger partial charge on any atom is 0.135 e. The van der Waals surface area contributed by atoms with E-state index in [9.17, 15) is 9.90 Å². The zero-order chi connectivity index (χ0) is 8.43. The van der Waals surface area contributed by atoms with Crippen molar-refractivity contribution in [1.82, 2.24) is 0 Å². The highest BCUT2D eigenvalue weighted by molar-refractivity contribution is 5.78. The summed E-state index contributed by atoms with van der Waals surface area (Å²) in [5, 5.41) is 9.49. The summed E-state index contributed by atoms with van der Waals surface area (Å²) in [7, 11) is 0. The molecule has 64 valence electrons. The average Bonchev–Trinajstić information content (AvgIpc) is 1.85. The van der Waals surface area contributed by atoms with Crippen LogP contribution in [0, 0.1) is 11.8 Å². The largest absolute Gasteiger partial charge is 0.392 e. The smallest absolute Gasteiger partial charge is 0.135 e. The van der Waals surface area contributed by atoms with E-state index in [1.807, 2.05) is 0 Å². The van der Waals surface area contributed by atoms with Gasteiger partial charge in [0.05, 0.1) is 6.10 Å². The lowest BCUT2D eigenvalue weighted by molar-refractivity contribution is -0.126. The van der Waals surface area contributed by atoms with Crippen molar-refractivity contribution in [1.29, 1.82) is 0 Å². The summed E-state index contributed by atoms with van der Waals surface area (Å²) in [5.74, 6) is 0.649. The molecule has 2 nitrogen and oxygen atoms in total. The van der Waals surface area contributed by atoms with Crippen molar-refractivity contribution in [2.24, 2.45) is 11.8 Å². The van der Waals surface area contributed by atoms with Gasteiger partial charge in [-0.05, 0) is 32.1 Å². The Bertz CT molecular complexity index is 154. The highest BCUT2D eigenvalue weighted by Crippen LogP contribution is 2.28. The second-order valence-corrected chi connectivity index (χ2v) is 3.70. The Morgan fingerprint density at radius 1 is 1.45 bits per heavy atom. The predicted molar refractivity (Wildman–Crippen MR) is 43.2 cm³/mol. The molecule has 0 unspecified atom stereocenters. The molecular formula is C9H16O2. The standard InChI is InChI=1S/C9H16O2/c1-6-3-4-8(7(2)10)9(11)5-6/h6,8-9,11H,3-5H2,1-2H3/t6-,8+,9-/m1/s1. The maximum absolute atomic E-state index is 11.0. The van der Waals surface area contributed by atoms with Crippen molar-refractivity contribution in [2.75, 3.05) is 0 Å². The van der Waals surface area contributed by atoms with E-state index < -0.39 is 0 Å². The molecule has 1 fully saturated rings. The number of aliphatic hydroxyl groups excluding tert-OH is 1. The fraction of sp³-hybridized carbons (Fsp3) is 0.889. The second kappa shape index (κ2) is 3.35. The third-order valence-electron chi connectivity index (χ3n) is 2.60. The number of carbonyl (C=O) groups excluding carboxylic acids is 1. The molecule has 11 heavy (non-hydrogen) atoms. The van der Waals surface area contributed by atoms with E-state index in [0.717, 1.165) is 19.3 Å². The molecule has 0 aliphatic heterocycles. The van der Waals surface area contributed by atoms with E-state index in [1.165, 1.54) is 0 Å². The lowest BCUT2D eigenvalue weighted by Gasteiger charge is -2.29. The molecule has 0 aromatic heterocycles. The summed E-state index contributed by atoms with van der Waals surface area (Å²) < 4.78 is 0. The van der Waals surface area contributed by atoms with Crippen LogP contribution in [0.5, 0.6) is 0 Å². The summed E-state index contributed by atoms with van der Waals surface area (Å²) in [6.45, 7) is 3.70. The average molecular weight is 156 g/mol. The van der Waals surface area contributed by atoms with Gasteiger partial charge in [0.1, 0.15) is 5.78 Å². The molecule has 3 atom stereocenters. The van der Waals surface area contributed by atoms with Gasteiger partial charge in [-0.2, -0.15) is 0 Å². The molecule has 0 amide bonds. The van der Waals surface area contributed by atoms with Gasteiger partial charge in [0, 0.05) is 5.92 Å². The zero-order valence-corrected chi connectivity index (χ0v) is 7.21. The van der Waals surface area contributed by atoms with Crippen LogP contribution >= 0.6 is 0 Å². The van der Waals surface area contributed by atoms with Gasteiger partial charge in [-0.1, -0.05) is 6.92 Å². The third kappa shape index (κ3) is 2.03. The number of rotatable bonds is 1. The molecule has 1 N–H and O–H groups in total. The Balaban J connectivity index is 2.50. The van der Waals surface area contributed by atoms with Crippen molar-refractivity contribution in [3.63, 3.8) is 0 Å². The Morgan fingerprint density at radius 2 is 2.09 bits per heavy atom. The molecule has 0 bridgehead atoms. The number of hydrogen-bond donors (Lipinski definition) is 1. The van der Waals surface area contributed by atoms with Crippen LogP contribution < -0.4 is 0 Å². The van der Waals surface area contributed by atoms with Crippen LogP contribution in [0.3, 0.4) is 0 Å². The van der Waals surface area contributed by atoms with Crippen molar-refractivity contribution < 1.29 is 9.90 Å². The van der Waals surface area contributed by atoms with Gasteiger partial charge in [-0.25, -0.2) is 0 Å². The fourth-order valence-electron chi connectivity index (χ4n) is 1.83. The van der Waals surface area contributed by atoms with Gasteiger partial charge in [-0.15, -0.1) is 0 Å². The van der Waals surface area contributed by atoms with E-state index >= 15 is 0 Å². The Labute approximate surface area is 67.6 Å². The molecule has 0 aromatic carbocycles. The molecule has 1 aliphatic carbocycles. The van der Waals surface area contributed by atoms with Crippen LogP contribution in [0.4, 0.5) is 0 Å². The summed E-state index contributed by atoms with van der Waals surface area (Å²) in [6.07, 6.45) is 2.37. The van der Waals surface area contributed by atoms with Crippen LogP contribution in [0.1, 0.15) is 33.1 Å². The lowest BCUT2D eigenvalue weighted by Crippen LogP contribution is -2.32. The van der Waals surface area contributed by atoms with E-state index in [1.54, 1.807) is 6.92 Å². The molecule has 1 rings (SSSR count). The van der Waals surface area contributed by atoms with Crippen LogP contribution in [0.2, 0.25) is 0 Å². The number of aliphatic hydroxyl groups is 1. The summed E-state index contributed by atoms with van der Waals surface area (Å²) >= 11 is 0. The molecule has 0 saturated heterocycles. The van der Waals surface area contributed by atoms with Crippen LogP contribution in [0.15, 0.2) is 0 Å². The third-order valence-corrected chi connectivity index (χ3v) is 2.60. The van der Waals surface area contributed by atoms with E-state index in [-0.39, 0.29) is 17.8 Å². The molecule has 0 aromatic rings. The molecular weight excluding hydrogens is 140 g/mol. The summed E-state index contributed by atoms with van der Waals surface area (Å²) in [5.41, 5.74) is 0. The monoisotopic (exact) mass is 156 g/mol. The van der Waals surface area contributed by atoms with E-state index in [2.05, 4.69) is 6.92 Å². The molecule has 1 saturated carbocycles. The SMILES string of the molecule is CC(=O)[C@@H]1CC[C@@H](C)C[C@H]1O. The minimum Gasteiger partial charge on any atom is -0.392 e. The number of hydrogen-bond acceptors (Lipinski definition) is 2. The molecule has 0 heterocycles. The topological polar surface area (TPSA) is 37.3 Å². The first-order chi connectivity index (χ1) is 5.11. The first-order valence-corrected chi connectivity index (χ1v) is 4.29. The minimum absolute atomic E-state index is 0.0776. The highest BCUT2D eigenvalue weighted by atomic mass is 16.3. The minimum atomic E-state index is -0.378. The summed E-state index contributed by atoms with van der Waals surface area (Å²) in [4.78, 5) is 11.0. The second-order valence-electron chi connectivity index (χ2n) is 3.70. The van der Waals surface area contributed by atoms with Crippen molar-refractivity contribution >= 4 is 5.78 Å². The van der Waals surface area contributed by atoms with Crippen LogP contribution in [0.25, 0.3) is 0 Å². The van der Waals surface area contributed by atoms with E-state index in [0.29, 0.717) is 5.92 Å². The first-order valence-electron chi connectivity index (χ1n) is 4.29. The van der Waals surface area contributed by atoms with Crippen molar-refractivity contribution in [2.45, 2.75) is 39.2 Å². The predicted octanol–water partition coefficient (Wildman–Crippen LogP) is 1.37. The van der Waals surface area contributed by atoms with Crippen LogP contribution in [-0.4, -0.2) is 17.0 Å². The normalized spacial score (nSPS) is 38.6. The first kappa shape index (κ1) is 8.72. The molecule has 0 radical (unpaired) electrons. The molecule has 2 heteroatoms. The van der Waals surface area contributed by atoms with Gasteiger partial charge in [0.15, 0.2) is 0 Å².